The molecule has 0 aliphatic rings. The third-order valence-electron chi connectivity index (χ3n) is 4.79. The first-order valence-electron chi connectivity index (χ1n) is 10.1. The van der Waals surface area contributed by atoms with Crippen molar-refractivity contribution in [1.29, 1.82) is 0 Å². The molecule has 8 nitrogen and oxygen atoms in total. The van der Waals surface area contributed by atoms with Crippen LogP contribution in [0.25, 0.3) is 10.9 Å². The van der Waals surface area contributed by atoms with Gasteiger partial charge in [-0.15, -0.1) is 10.2 Å². The molecule has 0 radical (unpaired) electrons. The molecule has 4 aromatic rings. The summed E-state index contributed by atoms with van der Waals surface area (Å²) in [5.41, 5.74) is 1.62. The molecule has 0 saturated heterocycles. The number of nitrogens with zero attached hydrogens (tertiary/aromatic N) is 3. The number of nitrogens with one attached hydrogen (secondary N) is 1. The van der Waals surface area contributed by atoms with Crippen LogP contribution in [-0.2, 0) is 24.1 Å². The molecule has 0 aliphatic carbocycles. The Labute approximate surface area is 188 Å². The van der Waals surface area contributed by atoms with E-state index < -0.39 is 5.97 Å². The zero-order valence-corrected chi connectivity index (χ0v) is 18.5. The molecule has 4 rings (SSSR count). The van der Waals surface area contributed by atoms with Crippen LogP contribution in [0.4, 0.5) is 0 Å². The summed E-state index contributed by atoms with van der Waals surface area (Å²) in [6.07, 6.45) is 0. The van der Waals surface area contributed by atoms with E-state index in [-0.39, 0.29) is 12.0 Å². The summed E-state index contributed by atoms with van der Waals surface area (Å²) in [6, 6.07) is 16.0. The van der Waals surface area contributed by atoms with E-state index in [9.17, 15) is 9.59 Å². The van der Waals surface area contributed by atoms with Crippen LogP contribution in [0.3, 0.4) is 0 Å². The fourth-order valence-electron chi connectivity index (χ4n) is 3.12. The average Bonchev–Trinajstić information content (AvgIpc) is 3.16. The average molecular weight is 451 g/mol. The Balaban J connectivity index is 1.45. The molecule has 0 bridgehead atoms. The second-order valence-corrected chi connectivity index (χ2v) is 7.93. The van der Waals surface area contributed by atoms with E-state index in [2.05, 4.69) is 15.2 Å². The maximum atomic E-state index is 12.6. The number of aromatic amines is 1. The number of rotatable bonds is 8. The molecule has 0 unspecified atom stereocenters. The first-order valence-corrected chi connectivity index (χ1v) is 11.1. The molecule has 2 aromatic carbocycles. The van der Waals surface area contributed by atoms with E-state index >= 15 is 0 Å². The number of carbonyl (C=O) groups excluding carboxylic acids is 1. The van der Waals surface area contributed by atoms with Crippen molar-refractivity contribution in [2.24, 2.45) is 7.05 Å². The second kappa shape index (κ2) is 9.69. The molecule has 0 atom stereocenters. The minimum absolute atomic E-state index is 0.157. The van der Waals surface area contributed by atoms with Crippen molar-refractivity contribution in [2.75, 3.05) is 6.61 Å². The van der Waals surface area contributed by atoms with Crippen molar-refractivity contribution < 1.29 is 14.3 Å². The van der Waals surface area contributed by atoms with Crippen LogP contribution in [0, 0.1) is 0 Å². The largest absolute Gasteiger partial charge is 0.486 e. The van der Waals surface area contributed by atoms with Gasteiger partial charge in [0, 0.05) is 35.5 Å². The lowest BCUT2D eigenvalue weighted by Crippen LogP contribution is -2.09. The van der Waals surface area contributed by atoms with Crippen molar-refractivity contribution in [2.45, 2.75) is 24.4 Å². The van der Waals surface area contributed by atoms with Gasteiger partial charge >= 0.3 is 5.97 Å². The van der Waals surface area contributed by atoms with E-state index in [0.29, 0.717) is 34.7 Å². The highest BCUT2D eigenvalue weighted by Gasteiger charge is 2.13. The fourth-order valence-corrected chi connectivity index (χ4v) is 3.96. The Kier molecular flexibility index (Phi) is 6.55. The summed E-state index contributed by atoms with van der Waals surface area (Å²) in [5.74, 6) is 1.54. The number of benzene rings is 2. The van der Waals surface area contributed by atoms with Gasteiger partial charge in [0.05, 0.1) is 12.2 Å². The molecule has 164 valence electrons. The van der Waals surface area contributed by atoms with Gasteiger partial charge in [0.25, 0.3) is 0 Å². The van der Waals surface area contributed by atoms with Gasteiger partial charge in [0.1, 0.15) is 12.4 Å². The Bertz CT molecular complexity index is 1300. The van der Waals surface area contributed by atoms with Crippen LogP contribution in [0.5, 0.6) is 5.75 Å². The van der Waals surface area contributed by atoms with Gasteiger partial charge in [0.2, 0.25) is 0 Å². The highest BCUT2D eigenvalue weighted by molar-refractivity contribution is 7.98. The highest BCUT2D eigenvalue weighted by atomic mass is 32.2. The zero-order chi connectivity index (χ0) is 22.5. The smallest absolute Gasteiger partial charge is 0.338 e. The molecule has 32 heavy (non-hydrogen) atoms. The molecule has 2 aromatic heterocycles. The Morgan fingerprint density at radius 2 is 1.94 bits per heavy atom. The number of esters is 1. The summed E-state index contributed by atoms with van der Waals surface area (Å²) in [7, 11) is 1.88. The summed E-state index contributed by atoms with van der Waals surface area (Å²) in [4.78, 5) is 27.8. The SMILES string of the molecule is CCOC(=O)c1ccc2[nH]c(CSc3nnc(COc4ccccc4)n3C)cc(=O)c2c1. The first-order chi connectivity index (χ1) is 15.5. The van der Waals surface area contributed by atoms with E-state index in [4.69, 9.17) is 9.47 Å². The molecule has 0 fully saturated rings. The standard InChI is InChI=1S/C23H22N4O4S/c1-3-30-22(29)15-9-10-19-18(11-15)20(28)12-16(24-19)14-32-23-26-25-21(27(23)2)13-31-17-7-5-4-6-8-17/h4-12H,3,13-14H2,1-2H3,(H,24,28). The summed E-state index contributed by atoms with van der Waals surface area (Å²) >= 11 is 1.46. The van der Waals surface area contributed by atoms with Crippen LogP contribution in [-0.4, -0.2) is 32.3 Å². The topological polar surface area (TPSA) is 99.1 Å². The van der Waals surface area contributed by atoms with Gasteiger partial charge in [-0.1, -0.05) is 30.0 Å². The maximum absolute atomic E-state index is 12.6. The van der Waals surface area contributed by atoms with E-state index in [1.54, 1.807) is 31.2 Å². The van der Waals surface area contributed by atoms with Gasteiger partial charge in [-0.05, 0) is 37.3 Å². The van der Waals surface area contributed by atoms with Crippen molar-refractivity contribution in [1.82, 2.24) is 19.7 Å². The lowest BCUT2D eigenvalue weighted by Gasteiger charge is -2.07. The van der Waals surface area contributed by atoms with Gasteiger partial charge in [0.15, 0.2) is 16.4 Å². The van der Waals surface area contributed by atoms with Crippen LogP contribution in [0.2, 0.25) is 0 Å². The number of thioether (sulfide) groups is 1. The number of para-hydroxylation sites is 1. The van der Waals surface area contributed by atoms with Crippen molar-refractivity contribution >= 4 is 28.6 Å². The summed E-state index contributed by atoms with van der Waals surface area (Å²) in [5, 5.41) is 9.60. The predicted octanol–water partition coefficient (Wildman–Crippen LogP) is 3.70. The molecular formula is C23H22N4O4S. The molecule has 2 heterocycles. The zero-order valence-electron chi connectivity index (χ0n) is 17.7. The Morgan fingerprint density at radius 3 is 2.72 bits per heavy atom. The monoisotopic (exact) mass is 450 g/mol. The molecule has 0 saturated carbocycles. The summed E-state index contributed by atoms with van der Waals surface area (Å²) < 4.78 is 12.6. The lowest BCUT2D eigenvalue weighted by molar-refractivity contribution is 0.0526. The van der Waals surface area contributed by atoms with Crippen LogP contribution in [0.1, 0.15) is 28.8 Å². The van der Waals surface area contributed by atoms with Crippen molar-refractivity contribution in [3.05, 3.63) is 81.9 Å². The van der Waals surface area contributed by atoms with E-state index in [0.717, 1.165) is 16.6 Å². The lowest BCUT2D eigenvalue weighted by atomic mass is 10.1. The summed E-state index contributed by atoms with van der Waals surface area (Å²) in [6.45, 7) is 2.33. The molecule has 1 N–H and O–H groups in total. The normalized spacial score (nSPS) is 10.9. The van der Waals surface area contributed by atoms with Gasteiger partial charge in [-0.2, -0.15) is 0 Å². The Hall–Kier alpha value is -3.59. The number of H-pyrrole nitrogens is 1. The van der Waals surface area contributed by atoms with E-state index in [1.165, 1.54) is 11.8 Å². The number of pyridine rings is 1. The van der Waals surface area contributed by atoms with Crippen LogP contribution in [0.15, 0.2) is 64.5 Å². The molecule has 0 aliphatic heterocycles. The van der Waals surface area contributed by atoms with Gasteiger partial charge in [-0.25, -0.2) is 4.79 Å². The molecular weight excluding hydrogens is 428 g/mol. The van der Waals surface area contributed by atoms with Crippen LogP contribution < -0.4 is 10.2 Å². The minimum Gasteiger partial charge on any atom is -0.486 e. The maximum Gasteiger partial charge on any atom is 0.338 e. The number of hydrogen-bond acceptors (Lipinski definition) is 7. The van der Waals surface area contributed by atoms with Gasteiger partial charge < -0.3 is 19.0 Å². The van der Waals surface area contributed by atoms with Crippen LogP contribution >= 0.6 is 11.8 Å². The van der Waals surface area contributed by atoms with Gasteiger partial charge in [-0.3, -0.25) is 4.79 Å². The molecule has 0 spiro atoms. The number of carbonyl (C=O) groups is 1. The first kappa shape index (κ1) is 21.6. The number of ether oxygens (including phenoxy) is 2. The third-order valence-corrected chi connectivity index (χ3v) is 5.86. The molecule has 9 heteroatoms. The quantitative estimate of drug-likeness (QED) is 0.323. The molecule has 0 amide bonds. The number of fused-ring (bicyclic) bond motifs is 1. The second-order valence-electron chi connectivity index (χ2n) is 6.99. The Morgan fingerprint density at radius 1 is 1.12 bits per heavy atom. The highest BCUT2D eigenvalue weighted by Crippen LogP contribution is 2.22. The number of aromatic nitrogens is 4. The predicted molar refractivity (Wildman–Crippen MR) is 122 cm³/mol. The number of hydrogen-bond donors (Lipinski definition) is 1. The minimum atomic E-state index is -0.442. The van der Waals surface area contributed by atoms with E-state index in [1.807, 2.05) is 41.9 Å². The third kappa shape index (κ3) is 4.83. The fraction of sp³-hybridized carbons (Fsp3) is 0.217. The van der Waals surface area contributed by atoms with Crippen molar-refractivity contribution in [3.8, 4) is 5.75 Å². The van der Waals surface area contributed by atoms with Crippen molar-refractivity contribution in [3.63, 3.8) is 0 Å².